The third-order valence-electron chi connectivity index (χ3n) is 4.14. The van der Waals surface area contributed by atoms with E-state index in [0.717, 1.165) is 5.92 Å². The standard InChI is InChI=1S/C12H19N3/c13-7-10-11(8-3-1-4-8)14-15-12(10)9-5-2-6-9/h8-9H,1-7,13H2,(H,14,15). The van der Waals surface area contributed by atoms with Crippen LogP contribution in [-0.4, -0.2) is 10.2 Å². The van der Waals surface area contributed by atoms with Crippen molar-refractivity contribution < 1.29 is 0 Å². The van der Waals surface area contributed by atoms with Crippen molar-refractivity contribution >= 4 is 0 Å². The van der Waals surface area contributed by atoms with Crippen LogP contribution in [-0.2, 0) is 6.54 Å². The van der Waals surface area contributed by atoms with E-state index in [-0.39, 0.29) is 0 Å². The molecule has 0 bridgehead atoms. The molecule has 0 radical (unpaired) electrons. The molecule has 3 rings (SSSR count). The van der Waals surface area contributed by atoms with E-state index in [2.05, 4.69) is 10.2 Å². The van der Waals surface area contributed by atoms with Crippen LogP contribution in [0, 0.1) is 0 Å². The summed E-state index contributed by atoms with van der Waals surface area (Å²) in [4.78, 5) is 0. The molecule has 2 saturated carbocycles. The molecule has 0 saturated heterocycles. The molecule has 82 valence electrons. The van der Waals surface area contributed by atoms with E-state index in [0.29, 0.717) is 12.5 Å². The van der Waals surface area contributed by atoms with E-state index in [4.69, 9.17) is 5.73 Å². The zero-order valence-electron chi connectivity index (χ0n) is 9.13. The fourth-order valence-electron chi connectivity index (χ4n) is 2.66. The highest BCUT2D eigenvalue weighted by atomic mass is 15.1. The highest BCUT2D eigenvalue weighted by molar-refractivity contribution is 5.32. The molecule has 15 heavy (non-hydrogen) atoms. The average molecular weight is 205 g/mol. The molecule has 3 heteroatoms. The van der Waals surface area contributed by atoms with Crippen molar-refractivity contribution in [2.45, 2.75) is 56.9 Å². The van der Waals surface area contributed by atoms with E-state index in [9.17, 15) is 0 Å². The van der Waals surface area contributed by atoms with Gasteiger partial charge in [0, 0.05) is 29.6 Å². The van der Waals surface area contributed by atoms with Crippen LogP contribution in [0.25, 0.3) is 0 Å². The molecule has 2 aliphatic rings. The Morgan fingerprint density at radius 2 is 1.80 bits per heavy atom. The molecule has 0 atom stereocenters. The summed E-state index contributed by atoms with van der Waals surface area (Å²) in [5, 5.41) is 7.75. The smallest absolute Gasteiger partial charge is 0.0700 e. The van der Waals surface area contributed by atoms with Crippen LogP contribution in [0.3, 0.4) is 0 Å². The summed E-state index contributed by atoms with van der Waals surface area (Å²) in [6, 6.07) is 0. The maximum absolute atomic E-state index is 5.87. The van der Waals surface area contributed by atoms with E-state index in [1.807, 2.05) is 0 Å². The van der Waals surface area contributed by atoms with Crippen molar-refractivity contribution in [3.8, 4) is 0 Å². The van der Waals surface area contributed by atoms with Crippen LogP contribution in [0.5, 0.6) is 0 Å². The van der Waals surface area contributed by atoms with Gasteiger partial charge in [-0.2, -0.15) is 5.10 Å². The van der Waals surface area contributed by atoms with Gasteiger partial charge in [-0.05, 0) is 25.7 Å². The van der Waals surface area contributed by atoms with Gasteiger partial charge < -0.3 is 5.73 Å². The highest BCUT2D eigenvalue weighted by Crippen LogP contribution is 2.42. The SMILES string of the molecule is NCc1c(C2CCC2)n[nH]c1C1CCC1. The Bertz CT molecular complexity index is 316. The van der Waals surface area contributed by atoms with Crippen LogP contribution < -0.4 is 5.73 Å². The molecule has 3 nitrogen and oxygen atoms in total. The van der Waals surface area contributed by atoms with Crippen molar-refractivity contribution in [3.63, 3.8) is 0 Å². The number of hydrogen-bond acceptors (Lipinski definition) is 2. The summed E-state index contributed by atoms with van der Waals surface area (Å²) in [6.45, 7) is 0.661. The first-order chi connectivity index (χ1) is 7.40. The number of aromatic amines is 1. The van der Waals surface area contributed by atoms with Gasteiger partial charge in [-0.3, -0.25) is 5.10 Å². The highest BCUT2D eigenvalue weighted by Gasteiger charge is 2.30. The Hall–Kier alpha value is -0.830. The predicted octanol–water partition coefficient (Wildman–Crippen LogP) is 2.40. The van der Waals surface area contributed by atoms with Gasteiger partial charge in [0.1, 0.15) is 0 Å². The number of H-pyrrole nitrogens is 1. The first-order valence-electron chi connectivity index (χ1n) is 6.17. The minimum atomic E-state index is 0.661. The van der Waals surface area contributed by atoms with E-state index >= 15 is 0 Å². The molecular weight excluding hydrogens is 186 g/mol. The first kappa shape index (κ1) is 9.40. The van der Waals surface area contributed by atoms with Gasteiger partial charge in [-0.25, -0.2) is 0 Å². The lowest BCUT2D eigenvalue weighted by molar-refractivity contribution is 0.405. The zero-order valence-corrected chi connectivity index (χ0v) is 9.13. The maximum atomic E-state index is 5.87. The summed E-state index contributed by atoms with van der Waals surface area (Å²) in [6.07, 6.45) is 7.98. The average Bonchev–Trinajstić information content (AvgIpc) is 2.43. The van der Waals surface area contributed by atoms with Crippen LogP contribution in [0.15, 0.2) is 0 Å². The second-order valence-corrected chi connectivity index (χ2v) is 4.96. The van der Waals surface area contributed by atoms with Gasteiger partial charge in [-0.1, -0.05) is 12.8 Å². The normalized spacial score (nSPS) is 22.5. The molecule has 0 unspecified atom stereocenters. The molecule has 1 aromatic heterocycles. The Balaban J connectivity index is 1.90. The van der Waals surface area contributed by atoms with Crippen molar-refractivity contribution in [1.29, 1.82) is 0 Å². The molecule has 3 N–H and O–H groups in total. The number of nitrogens with two attached hydrogens (primary N) is 1. The van der Waals surface area contributed by atoms with Crippen LogP contribution >= 0.6 is 0 Å². The number of aromatic nitrogens is 2. The summed E-state index contributed by atoms with van der Waals surface area (Å²) < 4.78 is 0. The quantitative estimate of drug-likeness (QED) is 0.796. The molecule has 2 aliphatic carbocycles. The summed E-state index contributed by atoms with van der Waals surface area (Å²) in [5.74, 6) is 1.43. The predicted molar refractivity (Wildman–Crippen MR) is 59.7 cm³/mol. The second kappa shape index (κ2) is 3.63. The topological polar surface area (TPSA) is 54.7 Å². The number of rotatable bonds is 3. The fraction of sp³-hybridized carbons (Fsp3) is 0.750. The molecule has 0 aromatic carbocycles. The summed E-state index contributed by atoms with van der Waals surface area (Å²) in [5.41, 5.74) is 9.84. The lowest BCUT2D eigenvalue weighted by atomic mass is 9.78. The lowest BCUT2D eigenvalue weighted by Gasteiger charge is -2.27. The number of nitrogens with one attached hydrogen (secondary N) is 1. The molecule has 1 heterocycles. The Kier molecular flexibility index (Phi) is 2.28. The Labute approximate surface area is 90.4 Å². The molecule has 0 aliphatic heterocycles. The first-order valence-corrected chi connectivity index (χ1v) is 6.17. The van der Waals surface area contributed by atoms with Crippen LogP contribution in [0.2, 0.25) is 0 Å². The molecular formula is C12H19N3. The van der Waals surface area contributed by atoms with Crippen molar-refractivity contribution in [2.75, 3.05) is 0 Å². The molecule has 0 amide bonds. The van der Waals surface area contributed by atoms with E-state index in [1.165, 1.54) is 55.5 Å². The molecule has 0 spiro atoms. The lowest BCUT2D eigenvalue weighted by Crippen LogP contribution is -2.16. The minimum Gasteiger partial charge on any atom is -0.326 e. The summed E-state index contributed by atoms with van der Waals surface area (Å²) in [7, 11) is 0. The fourth-order valence-corrected chi connectivity index (χ4v) is 2.66. The van der Waals surface area contributed by atoms with Gasteiger partial charge in [0.15, 0.2) is 0 Å². The third-order valence-corrected chi connectivity index (χ3v) is 4.14. The van der Waals surface area contributed by atoms with Gasteiger partial charge in [0.05, 0.1) is 5.69 Å². The van der Waals surface area contributed by atoms with Crippen molar-refractivity contribution in [3.05, 3.63) is 17.0 Å². The molecule has 2 fully saturated rings. The Morgan fingerprint density at radius 3 is 2.27 bits per heavy atom. The van der Waals surface area contributed by atoms with E-state index < -0.39 is 0 Å². The Morgan fingerprint density at radius 1 is 1.13 bits per heavy atom. The second-order valence-electron chi connectivity index (χ2n) is 4.96. The zero-order chi connectivity index (χ0) is 10.3. The van der Waals surface area contributed by atoms with Crippen LogP contribution in [0.4, 0.5) is 0 Å². The summed E-state index contributed by atoms with van der Waals surface area (Å²) >= 11 is 0. The largest absolute Gasteiger partial charge is 0.326 e. The maximum Gasteiger partial charge on any atom is 0.0700 e. The molecule has 1 aromatic rings. The third kappa shape index (κ3) is 1.41. The van der Waals surface area contributed by atoms with Crippen molar-refractivity contribution in [1.82, 2.24) is 10.2 Å². The number of nitrogens with zero attached hydrogens (tertiary/aromatic N) is 1. The number of hydrogen-bond donors (Lipinski definition) is 2. The van der Waals surface area contributed by atoms with Gasteiger partial charge in [0.25, 0.3) is 0 Å². The minimum absolute atomic E-state index is 0.661. The van der Waals surface area contributed by atoms with Crippen molar-refractivity contribution in [2.24, 2.45) is 5.73 Å². The van der Waals surface area contributed by atoms with E-state index in [1.54, 1.807) is 0 Å². The van der Waals surface area contributed by atoms with Crippen LogP contribution in [0.1, 0.15) is 67.3 Å². The van der Waals surface area contributed by atoms with Gasteiger partial charge in [0.2, 0.25) is 0 Å². The van der Waals surface area contributed by atoms with Gasteiger partial charge >= 0.3 is 0 Å². The van der Waals surface area contributed by atoms with Gasteiger partial charge in [-0.15, -0.1) is 0 Å². The monoisotopic (exact) mass is 205 g/mol.